The molecule has 1 aliphatic carbocycles. The maximum absolute atomic E-state index is 13.0. The molecule has 1 fully saturated rings. The van der Waals surface area contributed by atoms with E-state index in [2.05, 4.69) is 15.3 Å². The van der Waals surface area contributed by atoms with Gasteiger partial charge in [0.2, 0.25) is 0 Å². The molecule has 1 aliphatic rings. The summed E-state index contributed by atoms with van der Waals surface area (Å²) in [6.07, 6.45) is 0.286. The van der Waals surface area contributed by atoms with Crippen molar-refractivity contribution in [3.8, 4) is 0 Å². The lowest BCUT2D eigenvalue weighted by Gasteiger charge is -2.21. The number of nitrogen functional groups attached to an aromatic ring is 1. The molecule has 1 saturated carbocycles. The molecule has 0 unspecified atom stereocenters. The van der Waals surface area contributed by atoms with E-state index in [0.717, 1.165) is 32.1 Å². The van der Waals surface area contributed by atoms with E-state index in [9.17, 15) is 13.2 Å². The van der Waals surface area contributed by atoms with E-state index in [0.29, 0.717) is 0 Å². The molecule has 8 heteroatoms. The van der Waals surface area contributed by atoms with Crippen LogP contribution in [0.4, 0.5) is 19.0 Å². The third-order valence-electron chi connectivity index (χ3n) is 3.63. The standard InChI is InChI=1S/C11H14F3N5/c12-11(13,14)8-7-9(15)16-17-10(7)19(18-8)6-4-2-1-3-5-6/h6H,1-5H2,(H3,15,16,17). The van der Waals surface area contributed by atoms with Gasteiger partial charge in [0.05, 0.1) is 11.4 Å². The number of nitrogens with zero attached hydrogens (tertiary/aromatic N) is 3. The lowest BCUT2D eigenvalue weighted by Crippen LogP contribution is -2.16. The number of aromatic nitrogens is 4. The first-order chi connectivity index (χ1) is 8.98. The number of nitrogens with one attached hydrogen (secondary N) is 1. The Kier molecular flexibility index (Phi) is 2.68. The van der Waals surface area contributed by atoms with Gasteiger partial charge >= 0.3 is 6.18 Å². The minimum absolute atomic E-state index is 0.0185. The molecule has 0 atom stereocenters. The highest BCUT2D eigenvalue weighted by atomic mass is 19.4. The molecule has 3 rings (SSSR count). The van der Waals surface area contributed by atoms with Crippen molar-refractivity contribution in [2.45, 2.75) is 44.3 Å². The first-order valence-electron chi connectivity index (χ1n) is 6.27. The summed E-state index contributed by atoms with van der Waals surface area (Å²) in [7, 11) is 0. The normalized spacial score (nSPS) is 18.3. The zero-order valence-corrected chi connectivity index (χ0v) is 10.2. The SMILES string of the molecule is Nc1[nH]nc2c1c(C(F)(F)F)nn2C1CCCCC1. The average Bonchev–Trinajstić information content (AvgIpc) is 2.91. The summed E-state index contributed by atoms with van der Waals surface area (Å²) in [5.74, 6) is -0.0793. The first-order valence-corrected chi connectivity index (χ1v) is 6.27. The summed E-state index contributed by atoms with van der Waals surface area (Å²) in [5.41, 5.74) is 4.81. The lowest BCUT2D eigenvalue weighted by molar-refractivity contribution is -0.140. The van der Waals surface area contributed by atoms with Crippen LogP contribution in [0.25, 0.3) is 11.0 Å². The molecule has 2 heterocycles. The van der Waals surface area contributed by atoms with Crippen LogP contribution in [0.1, 0.15) is 43.8 Å². The number of aromatic amines is 1. The minimum Gasteiger partial charge on any atom is -0.383 e. The number of fused-ring (bicyclic) bond motifs is 1. The number of hydrogen-bond donors (Lipinski definition) is 2. The topological polar surface area (TPSA) is 72.5 Å². The molecule has 0 amide bonds. The average molecular weight is 273 g/mol. The number of anilines is 1. The molecular weight excluding hydrogens is 259 g/mol. The molecule has 104 valence electrons. The van der Waals surface area contributed by atoms with Crippen LogP contribution in [0.15, 0.2) is 0 Å². The van der Waals surface area contributed by atoms with Gasteiger partial charge in [-0.15, -0.1) is 0 Å². The summed E-state index contributed by atoms with van der Waals surface area (Å²) in [6, 6.07) is -0.0185. The van der Waals surface area contributed by atoms with Gasteiger partial charge in [-0.2, -0.15) is 23.4 Å². The van der Waals surface area contributed by atoms with Crippen molar-refractivity contribution in [3.05, 3.63) is 5.69 Å². The number of H-pyrrole nitrogens is 1. The number of halogens is 3. The van der Waals surface area contributed by atoms with Gasteiger partial charge in [0.15, 0.2) is 11.3 Å². The van der Waals surface area contributed by atoms with Crippen molar-refractivity contribution in [1.82, 2.24) is 20.0 Å². The molecule has 0 aliphatic heterocycles. The zero-order chi connectivity index (χ0) is 13.6. The molecule has 2 aromatic heterocycles. The van der Waals surface area contributed by atoms with Crippen LogP contribution < -0.4 is 5.73 Å². The summed E-state index contributed by atoms with van der Waals surface area (Å²) in [6.45, 7) is 0. The highest BCUT2D eigenvalue weighted by Gasteiger charge is 2.39. The Morgan fingerprint density at radius 3 is 2.53 bits per heavy atom. The Morgan fingerprint density at radius 2 is 1.89 bits per heavy atom. The molecule has 19 heavy (non-hydrogen) atoms. The van der Waals surface area contributed by atoms with Crippen molar-refractivity contribution < 1.29 is 13.2 Å². The first kappa shape index (κ1) is 12.3. The van der Waals surface area contributed by atoms with Crippen LogP contribution in [0.3, 0.4) is 0 Å². The summed E-state index contributed by atoms with van der Waals surface area (Å²) in [5, 5.41) is 9.91. The number of alkyl halides is 3. The zero-order valence-electron chi connectivity index (χ0n) is 10.2. The molecule has 2 aromatic rings. The van der Waals surface area contributed by atoms with Crippen LogP contribution in [-0.2, 0) is 6.18 Å². The second kappa shape index (κ2) is 4.14. The van der Waals surface area contributed by atoms with E-state index in [1.165, 1.54) is 4.68 Å². The molecule has 0 radical (unpaired) electrons. The van der Waals surface area contributed by atoms with Crippen LogP contribution >= 0.6 is 0 Å². The molecular formula is C11H14F3N5. The Balaban J connectivity index is 2.15. The maximum Gasteiger partial charge on any atom is 0.435 e. The fourth-order valence-corrected chi connectivity index (χ4v) is 2.73. The number of nitrogens with two attached hydrogens (primary N) is 1. The number of rotatable bonds is 1. The van der Waals surface area contributed by atoms with Crippen molar-refractivity contribution >= 4 is 16.9 Å². The van der Waals surface area contributed by atoms with Gasteiger partial charge in [0.1, 0.15) is 5.82 Å². The third-order valence-corrected chi connectivity index (χ3v) is 3.63. The van der Waals surface area contributed by atoms with Gasteiger partial charge in [-0.3, -0.25) is 5.10 Å². The van der Waals surface area contributed by atoms with Crippen LogP contribution in [0, 0.1) is 0 Å². The molecule has 0 aromatic carbocycles. The molecule has 0 bridgehead atoms. The lowest BCUT2D eigenvalue weighted by atomic mass is 9.96. The van der Waals surface area contributed by atoms with Crippen LogP contribution in [0.2, 0.25) is 0 Å². The highest BCUT2D eigenvalue weighted by molar-refractivity contribution is 5.89. The summed E-state index contributed by atoms with van der Waals surface area (Å²) in [4.78, 5) is 0. The predicted molar refractivity (Wildman–Crippen MR) is 63.4 cm³/mol. The van der Waals surface area contributed by atoms with E-state index in [4.69, 9.17) is 5.73 Å². The fourth-order valence-electron chi connectivity index (χ4n) is 2.73. The van der Waals surface area contributed by atoms with Crippen molar-refractivity contribution in [3.63, 3.8) is 0 Å². The Labute approximate surface area is 107 Å². The summed E-state index contributed by atoms with van der Waals surface area (Å²) < 4.78 is 40.3. The maximum atomic E-state index is 13.0. The number of hydrogen-bond acceptors (Lipinski definition) is 3. The van der Waals surface area contributed by atoms with Gasteiger partial charge in [0.25, 0.3) is 0 Å². The van der Waals surface area contributed by atoms with E-state index in [1.54, 1.807) is 0 Å². The Morgan fingerprint density at radius 1 is 1.21 bits per heavy atom. The third kappa shape index (κ3) is 1.95. The van der Waals surface area contributed by atoms with Gasteiger partial charge in [0, 0.05) is 0 Å². The highest BCUT2D eigenvalue weighted by Crippen LogP contribution is 2.38. The van der Waals surface area contributed by atoms with Gasteiger partial charge in [-0.25, -0.2) is 4.68 Å². The summed E-state index contributed by atoms with van der Waals surface area (Å²) >= 11 is 0. The van der Waals surface area contributed by atoms with Crippen LogP contribution in [0.5, 0.6) is 0 Å². The van der Waals surface area contributed by atoms with Crippen LogP contribution in [-0.4, -0.2) is 20.0 Å². The quantitative estimate of drug-likeness (QED) is 0.839. The molecule has 5 nitrogen and oxygen atoms in total. The Bertz CT molecular complexity index is 591. The van der Waals surface area contributed by atoms with E-state index >= 15 is 0 Å². The van der Waals surface area contributed by atoms with Gasteiger partial charge < -0.3 is 5.73 Å². The van der Waals surface area contributed by atoms with E-state index < -0.39 is 11.9 Å². The molecule has 0 saturated heterocycles. The van der Waals surface area contributed by atoms with Crippen molar-refractivity contribution in [2.24, 2.45) is 0 Å². The van der Waals surface area contributed by atoms with Gasteiger partial charge in [-0.1, -0.05) is 19.3 Å². The molecule has 3 N–H and O–H groups in total. The monoisotopic (exact) mass is 273 g/mol. The Hall–Kier alpha value is -1.73. The molecule has 0 spiro atoms. The van der Waals surface area contributed by atoms with E-state index in [1.807, 2.05) is 0 Å². The van der Waals surface area contributed by atoms with Crippen molar-refractivity contribution in [2.75, 3.05) is 5.73 Å². The predicted octanol–water partition coefficient (Wildman–Crippen LogP) is 2.87. The van der Waals surface area contributed by atoms with Gasteiger partial charge in [-0.05, 0) is 12.8 Å². The minimum atomic E-state index is -4.52. The largest absolute Gasteiger partial charge is 0.435 e. The second-order valence-corrected chi connectivity index (χ2v) is 4.92. The fraction of sp³-hybridized carbons (Fsp3) is 0.636. The van der Waals surface area contributed by atoms with Crippen molar-refractivity contribution in [1.29, 1.82) is 0 Å². The second-order valence-electron chi connectivity index (χ2n) is 4.92. The smallest absolute Gasteiger partial charge is 0.383 e. The van der Waals surface area contributed by atoms with E-state index in [-0.39, 0.29) is 22.9 Å².